The van der Waals surface area contributed by atoms with E-state index in [2.05, 4.69) is 0 Å². The number of carbonyl (C=O) groups is 4. The molecule has 0 bridgehead atoms. The van der Waals surface area contributed by atoms with Gasteiger partial charge in [-0.05, 0) is 37.3 Å². The Bertz CT molecular complexity index is 1070. The van der Waals surface area contributed by atoms with Crippen molar-refractivity contribution < 1.29 is 32.3 Å². The first-order chi connectivity index (χ1) is 16.1. The smallest absolute Gasteiger partial charge is 0.330 e. The number of fused-ring (bicyclic) bond motifs is 1. The van der Waals surface area contributed by atoms with Gasteiger partial charge in [0.25, 0.3) is 17.7 Å². The average molecular weight is 491 g/mol. The number of amides is 3. The molecule has 3 aliphatic rings. The Balaban J connectivity index is 1.48. The molecule has 1 saturated carbocycles. The predicted octanol–water partition coefficient (Wildman–Crippen LogP) is 1.81. The molecule has 9 nitrogen and oxygen atoms in total. The first kappa shape index (κ1) is 24.4. The SMILES string of the molecule is CC(C)[C@@H](C(=O)OCC(=O)N(C1CCCC1)C1CCS(=O)(=O)C1)N1C(=O)c2ccccc2C1=O. The molecule has 1 unspecified atom stereocenters. The Morgan fingerprint density at radius 2 is 1.62 bits per heavy atom. The normalized spacial score (nSPS) is 22.8. The van der Waals surface area contributed by atoms with Gasteiger partial charge in [0.15, 0.2) is 16.4 Å². The second kappa shape index (κ2) is 9.48. The van der Waals surface area contributed by atoms with E-state index >= 15 is 0 Å². The average Bonchev–Trinajstić information content (AvgIpc) is 3.49. The van der Waals surface area contributed by atoms with Crippen LogP contribution in [0, 0.1) is 5.92 Å². The number of rotatable bonds is 7. The lowest BCUT2D eigenvalue weighted by Crippen LogP contribution is -2.51. The lowest BCUT2D eigenvalue weighted by molar-refractivity contribution is -0.158. The molecule has 184 valence electrons. The minimum Gasteiger partial charge on any atom is -0.454 e. The van der Waals surface area contributed by atoms with Gasteiger partial charge in [-0.1, -0.05) is 38.8 Å². The summed E-state index contributed by atoms with van der Waals surface area (Å²) in [6, 6.07) is 4.71. The summed E-state index contributed by atoms with van der Waals surface area (Å²) in [5.41, 5.74) is 0.466. The van der Waals surface area contributed by atoms with Crippen molar-refractivity contribution in [3.05, 3.63) is 35.4 Å². The molecule has 1 aromatic carbocycles. The van der Waals surface area contributed by atoms with Crippen LogP contribution in [0.4, 0.5) is 0 Å². The van der Waals surface area contributed by atoms with Gasteiger partial charge >= 0.3 is 5.97 Å². The fourth-order valence-electron chi connectivity index (χ4n) is 5.31. The van der Waals surface area contributed by atoms with Crippen molar-refractivity contribution in [2.45, 2.75) is 64.1 Å². The van der Waals surface area contributed by atoms with Gasteiger partial charge in [-0.25, -0.2) is 13.2 Å². The van der Waals surface area contributed by atoms with E-state index in [1.165, 1.54) is 12.1 Å². The van der Waals surface area contributed by atoms with E-state index in [4.69, 9.17) is 4.74 Å². The summed E-state index contributed by atoms with van der Waals surface area (Å²) in [7, 11) is -3.19. The number of hydrogen-bond acceptors (Lipinski definition) is 7. The molecule has 0 N–H and O–H groups in total. The molecule has 1 saturated heterocycles. The Morgan fingerprint density at radius 3 is 2.12 bits per heavy atom. The molecule has 3 amide bonds. The molecule has 0 spiro atoms. The minimum atomic E-state index is -3.19. The molecule has 2 atom stereocenters. The molecule has 2 aliphatic heterocycles. The zero-order valence-corrected chi connectivity index (χ0v) is 20.3. The highest BCUT2D eigenvalue weighted by molar-refractivity contribution is 7.91. The highest BCUT2D eigenvalue weighted by Crippen LogP contribution is 2.30. The summed E-state index contributed by atoms with van der Waals surface area (Å²) in [5.74, 6) is -2.86. The van der Waals surface area contributed by atoms with E-state index in [1.807, 2.05) is 0 Å². The highest BCUT2D eigenvalue weighted by atomic mass is 32.2. The van der Waals surface area contributed by atoms with E-state index in [0.29, 0.717) is 6.42 Å². The van der Waals surface area contributed by atoms with E-state index in [-0.39, 0.29) is 28.7 Å². The van der Waals surface area contributed by atoms with Gasteiger partial charge in [0.1, 0.15) is 6.04 Å². The molecular formula is C24H30N2O7S. The van der Waals surface area contributed by atoms with Crippen LogP contribution in [0.1, 0.15) is 66.7 Å². The van der Waals surface area contributed by atoms with Gasteiger partial charge in [0.05, 0.1) is 22.6 Å². The maximum atomic E-state index is 13.2. The zero-order chi connectivity index (χ0) is 24.6. The van der Waals surface area contributed by atoms with E-state index < -0.39 is 58.1 Å². The van der Waals surface area contributed by atoms with Crippen molar-refractivity contribution in [1.82, 2.24) is 9.80 Å². The topological polar surface area (TPSA) is 118 Å². The molecule has 4 rings (SSSR count). The van der Waals surface area contributed by atoms with Crippen molar-refractivity contribution in [2.24, 2.45) is 5.92 Å². The molecule has 0 radical (unpaired) electrons. The van der Waals surface area contributed by atoms with E-state index in [1.54, 1.807) is 30.9 Å². The van der Waals surface area contributed by atoms with Gasteiger partial charge in [0.2, 0.25) is 0 Å². The van der Waals surface area contributed by atoms with Crippen molar-refractivity contribution in [3.8, 4) is 0 Å². The number of imide groups is 1. The number of sulfone groups is 1. The monoisotopic (exact) mass is 490 g/mol. The summed E-state index contributed by atoms with van der Waals surface area (Å²) in [6.45, 7) is 2.84. The number of esters is 1. The van der Waals surface area contributed by atoms with Crippen LogP contribution in [0.5, 0.6) is 0 Å². The summed E-state index contributed by atoms with van der Waals surface area (Å²) >= 11 is 0. The molecule has 10 heteroatoms. The Labute approximate surface area is 199 Å². The second-order valence-electron chi connectivity index (χ2n) is 9.62. The standard InChI is InChI=1S/C24H30N2O7S/c1-15(2)21(26-22(28)18-9-5-6-10-19(18)23(26)29)24(30)33-13-20(27)25(16-7-3-4-8-16)17-11-12-34(31,32)14-17/h5-6,9-10,15-17,21H,3-4,7-8,11-14H2,1-2H3/t17?,21-/m0/s1. The van der Waals surface area contributed by atoms with Gasteiger partial charge in [-0.15, -0.1) is 0 Å². The highest BCUT2D eigenvalue weighted by Gasteiger charge is 2.45. The van der Waals surface area contributed by atoms with Crippen LogP contribution in [0.3, 0.4) is 0 Å². The maximum absolute atomic E-state index is 13.2. The third-order valence-electron chi connectivity index (χ3n) is 6.92. The Morgan fingerprint density at radius 1 is 1.03 bits per heavy atom. The van der Waals surface area contributed by atoms with Crippen LogP contribution >= 0.6 is 0 Å². The van der Waals surface area contributed by atoms with Crippen molar-refractivity contribution in [1.29, 1.82) is 0 Å². The summed E-state index contributed by atoms with van der Waals surface area (Å²) in [5, 5.41) is 0. The van der Waals surface area contributed by atoms with Crippen molar-refractivity contribution >= 4 is 33.5 Å². The van der Waals surface area contributed by atoms with Crippen LogP contribution in [0.2, 0.25) is 0 Å². The zero-order valence-electron chi connectivity index (χ0n) is 19.4. The fraction of sp³-hybridized carbons (Fsp3) is 0.583. The summed E-state index contributed by atoms with van der Waals surface area (Å²) < 4.78 is 29.4. The quantitative estimate of drug-likeness (QED) is 0.422. The Kier molecular flexibility index (Phi) is 6.80. The lowest BCUT2D eigenvalue weighted by Gasteiger charge is -2.34. The van der Waals surface area contributed by atoms with E-state index in [9.17, 15) is 27.6 Å². The number of benzene rings is 1. The first-order valence-corrected chi connectivity index (χ1v) is 13.6. The lowest BCUT2D eigenvalue weighted by atomic mass is 10.0. The van der Waals surface area contributed by atoms with Crippen molar-refractivity contribution in [2.75, 3.05) is 18.1 Å². The molecule has 2 heterocycles. The number of carbonyl (C=O) groups excluding carboxylic acids is 4. The number of hydrogen-bond donors (Lipinski definition) is 0. The molecular weight excluding hydrogens is 460 g/mol. The molecule has 1 aromatic rings. The molecule has 2 fully saturated rings. The van der Waals surface area contributed by atoms with E-state index in [0.717, 1.165) is 30.6 Å². The summed E-state index contributed by atoms with van der Waals surface area (Å²) in [4.78, 5) is 54.5. The Hall–Kier alpha value is -2.75. The third-order valence-corrected chi connectivity index (χ3v) is 8.67. The van der Waals surface area contributed by atoms with Crippen LogP contribution in [0.25, 0.3) is 0 Å². The number of ether oxygens (including phenoxy) is 1. The number of nitrogens with zero attached hydrogens (tertiary/aromatic N) is 2. The second-order valence-corrected chi connectivity index (χ2v) is 11.8. The van der Waals surface area contributed by atoms with Gasteiger partial charge in [0, 0.05) is 12.1 Å². The maximum Gasteiger partial charge on any atom is 0.330 e. The minimum absolute atomic E-state index is 0.0448. The van der Waals surface area contributed by atoms with Crippen LogP contribution in [0.15, 0.2) is 24.3 Å². The largest absolute Gasteiger partial charge is 0.454 e. The fourth-order valence-corrected chi connectivity index (χ4v) is 7.02. The van der Waals surface area contributed by atoms with Gasteiger partial charge in [-0.2, -0.15) is 0 Å². The van der Waals surface area contributed by atoms with Crippen LogP contribution in [-0.2, 0) is 24.2 Å². The molecule has 0 aromatic heterocycles. The van der Waals surface area contributed by atoms with Crippen molar-refractivity contribution in [3.63, 3.8) is 0 Å². The van der Waals surface area contributed by atoms with Gasteiger partial charge < -0.3 is 9.64 Å². The summed E-state index contributed by atoms with van der Waals surface area (Å²) in [6.07, 6.45) is 3.88. The third kappa shape index (κ3) is 4.60. The first-order valence-electron chi connectivity index (χ1n) is 11.8. The van der Waals surface area contributed by atoms with Crippen LogP contribution in [-0.4, -0.2) is 78.1 Å². The van der Waals surface area contributed by atoms with Crippen LogP contribution < -0.4 is 0 Å². The molecule has 34 heavy (non-hydrogen) atoms. The van der Waals surface area contributed by atoms with Gasteiger partial charge in [-0.3, -0.25) is 19.3 Å². The molecule has 1 aliphatic carbocycles. The predicted molar refractivity (Wildman–Crippen MR) is 123 cm³/mol.